The summed E-state index contributed by atoms with van der Waals surface area (Å²) in [7, 11) is 0.437. The standard InChI is InChI=1S/C19H25N3O4S/c1-21(2)17(18-9-6-12-26-18)14-20-19(23)15-7-5-8-16(13-15)27(24,25)22-10-3-4-11-22/h5-9,12-13,17H,3-4,10-11,14H2,1-2H3,(H,20,23)/p+1/t17-/m1/s1. The van der Waals surface area contributed by atoms with Gasteiger partial charge in [-0.1, -0.05) is 6.07 Å². The number of sulfonamides is 1. The highest BCUT2D eigenvalue weighted by Gasteiger charge is 2.28. The van der Waals surface area contributed by atoms with E-state index in [2.05, 4.69) is 5.32 Å². The highest BCUT2D eigenvalue weighted by Crippen LogP contribution is 2.21. The zero-order valence-corrected chi connectivity index (χ0v) is 16.5. The SMILES string of the molecule is C[NH+](C)[C@H](CNC(=O)c1cccc(S(=O)(=O)N2CCCC2)c1)c1ccco1. The molecule has 0 aliphatic carbocycles. The van der Waals surface area contributed by atoms with Crippen molar-refractivity contribution in [3.8, 4) is 0 Å². The number of hydrogen-bond acceptors (Lipinski definition) is 4. The molecule has 1 aliphatic heterocycles. The van der Waals surface area contributed by atoms with E-state index in [4.69, 9.17) is 4.42 Å². The van der Waals surface area contributed by atoms with Gasteiger partial charge in [-0.2, -0.15) is 4.31 Å². The van der Waals surface area contributed by atoms with Crippen LogP contribution in [0.5, 0.6) is 0 Å². The van der Waals surface area contributed by atoms with Gasteiger partial charge >= 0.3 is 0 Å². The number of nitrogens with zero attached hydrogens (tertiary/aromatic N) is 1. The monoisotopic (exact) mass is 392 g/mol. The van der Waals surface area contributed by atoms with Gasteiger partial charge in [0.1, 0.15) is 0 Å². The molecule has 0 bridgehead atoms. The van der Waals surface area contributed by atoms with E-state index in [9.17, 15) is 13.2 Å². The van der Waals surface area contributed by atoms with Gasteiger partial charge in [0.2, 0.25) is 10.0 Å². The van der Waals surface area contributed by atoms with Gasteiger partial charge in [-0.05, 0) is 43.2 Å². The maximum atomic E-state index is 12.7. The molecule has 8 heteroatoms. The fraction of sp³-hybridized carbons (Fsp3) is 0.421. The first-order valence-corrected chi connectivity index (χ1v) is 10.6. The molecule has 7 nitrogen and oxygen atoms in total. The molecule has 27 heavy (non-hydrogen) atoms. The summed E-state index contributed by atoms with van der Waals surface area (Å²) in [6, 6.07) is 9.91. The molecule has 1 aromatic carbocycles. The summed E-state index contributed by atoms with van der Waals surface area (Å²) in [6.07, 6.45) is 3.36. The largest absolute Gasteiger partial charge is 0.463 e. The van der Waals surface area contributed by atoms with Gasteiger partial charge in [-0.15, -0.1) is 0 Å². The van der Waals surface area contributed by atoms with E-state index in [0.717, 1.165) is 23.5 Å². The lowest BCUT2D eigenvalue weighted by Gasteiger charge is -2.20. The smallest absolute Gasteiger partial charge is 0.251 e. The van der Waals surface area contributed by atoms with Crippen LogP contribution in [0.3, 0.4) is 0 Å². The third kappa shape index (κ3) is 4.40. The summed E-state index contributed by atoms with van der Waals surface area (Å²) in [5.74, 6) is 0.493. The predicted molar refractivity (Wildman–Crippen MR) is 101 cm³/mol. The summed E-state index contributed by atoms with van der Waals surface area (Å²) in [5, 5.41) is 2.89. The van der Waals surface area contributed by atoms with E-state index in [1.165, 1.54) is 10.4 Å². The third-order valence-corrected chi connectivity index (χ3v) is 6.74. The molecule has 1 aliphatic rings. The molecule has 1 aromatic heterocycles. The van der Waals surface area contributed by atoms with Crippen LogP contribution in [-0.4, -0.2) is 52.4 Å². The fourth-order valence-corrected chi connectivity index (χ4v) is 4.81. The van der Waals surface area contributed by atoms with Crippen LogP contribution in [-0.2, 0) is 10.0 Å². The lowest BCUT2D eigenvalue weighted by molar-refractivity contribution is -0.891. The normalized spacial score (nSPS) is 16.6. The molecular weight excluding hydrogens is 366 g/mol. The number of nitrogens with one attached hydrogen (secondary N) is 2. The third-order valence-electron chi connectivity index (χ3n) is 4.85. The second kappa shape index (κ2) is 8.24. The molecule has 1 atom stereocenters. The average molecular weight is 393 g/mol. The van der Waals surface area contributed by atoms with Crippen LogP contribution in [0.25, 0.3) is 0 Å². The van der Waals surface area contributed by atoms with Crippen molar-refractivity contribution in [1.82, 2.24) is 9.62 Å². The Balaban J connectivity index is 1.72. The quantitative estimate of drug-likeness (QED) is 0.726. The highest BCUT2D eigenvalue weighted by molar-refractivity contribution is 7.89. The fourth-order valence-electron chi connectivity index (χ4n) is 3.25. The molecule has 2 heterocycles. The summed E-state index contributed by atoms with van der Waals surface area (Å²) in [4.78, 5) is 13.9. The minimum atomic E-state index is -3.54. The van der Waals surface area contributed by atoms with Crippen LogP contribution in [0.1, 0.15) is 35.0 Å². The van der Waals surface area contributed by atoms with Crippen LogP contribution in [0.15, 0.2) is 52.0 Å². The Morgan fingerprint density at radius 1 is 1.22 bits per heavy atom. The number of carbonyl (C=O) groups is 1. The van der Waals surface area contributed by atoms with Crippen LogP contribution < -0.4 is 10.2 Å². The Morgan fingerprint density at radius 2 is 1.96 bits per heavy atom. The lowest BCUT2D eigenvalue weighted by Crippen LogP contribution is -3.07. The van der Waals surface area contributed by atoms with Crippen molar-refractivity contribution >= 4 is 15.9 Å². The number of benzene rings is 1. The van der Waals surface area contributed by atoms with Gasteiger partial charge in [0.15, 0.2) is 11.8 Å². The van der Waals surface area contributed by atoms with Crippen molar-refractivity contribution in [1.29, 1.82) is 0 Å². The first-order valence-electron chi connectivity index (χ1n) is 9.11. The van der Waals surface area contributed by atoms with Crippen LogP contribution in [0.2, 0.25) is 0 Å². The average Bonchev–Trinajstić information content (AvgIpc) is 3.36. The summed E-state index contributed by atoms with van der Waals surface area (Å²) in [5.41, 5.74) is 0.335. The van der Waals surface area contributed by atoms with Gasteiger partial charge in [0.25, 0.3) is 5.91 Å². The van der Waals surface area contributed by atoms with Gasteiger partial charge in [-0.3, -0.25) is 4.79 Å². The van der Waals surface area contributed by atoms with Crippen LogP contribution in [0, 0.1) is 0 Å². The molecule has 1 saturated heterocycles. The first kappa shape index (κ1) is 19.6. The molecule has 3 rings (SSSR count). The summed E-state index contributed by atoms with van der Waals surface area (Å²) < 4.78 is 32.3. The molecule has 0 unspecified atom stereocenters. The Hall–Kier alpha value is -2.16. The predicted octanol–water partition coefficient (Wildman–Crippen LogP) is 0.680. The number of rotatable bonds is 7. The summed E-state index contributed by atoms with van der Waals surface area (Å²) in [6.45, 7) is 1.46. The maximum absolute atomic E-state index is 12.7. The number of carbonyl (C=O) groups excluding carboxylic acids is 1. The van der Waals surface area contributed by atoms with Crippen LogP contribution >= 0.6 is 0 Å². The van der Waals surface area contributed by atoms with E-state index >= 15 is 0 Å². The molecule has 0 spiro atoms. The molecule has 146 valence electrons. The van der Waals surface area contributed by atoms with Crippen LogP contribution in [0.4, 0.5) is 0 Å². The number of furan rings is 1. The molecule has 2 aromatic rings. The van der Waals surface area contributed by atoms with Crippen molar-refractivity contribution < 1.29 is 22.5 Å². The molecular formula is C19H26N3O4S+. The minimum absolute atomic E-state index is 0.0273. The van der Waals surface area contributed by atoms with Gasteiger partial charge in [0, 0.05) is 18.7 Å². The molecule has 0 radical (unpaired) electrons. The topological polar surface area (TPSA) is 84.1 Å². The highest BCUT2D eigenvalue weighted by atomic mass is 32.2. The Morgan fingerprint density at radius 3 is 2.59 bits per heavy atom. The number of quaternary nitrogens is 1. The van der Waals surface area contributed by atoms with Gasteiger partial charge < -0.3 is 14.6 Å². The van der Waals surface area contributed by atoms with E-state index in [1.807, 2.05) is 26.2 Å². The van der Waals surface area contributed by atoms with Crippen molar-refractivity contribution in [3.05, 3.63) is 54.0 Å². The van der Waals surface area contributed by atoms with Gasteiger partial charge in [-0.25, -0.2) is 8.42 Å². The van der Waals surface area contributed by atoms with Crippen molar-refractivity contribution in [3.63, 3.8) is 0 Å². The maximum Gasteiger partial charge on any atom is 0.251 e. The van der Waals surface area contributed by atoms with E-state index in [0.29, 0.717) is 25.2 Å². The lowest BCUT2D eigenvalue weighted by atomic mass is 10.2. The van der Waals surface area contributed by atoms with E-state index < -0.39 is 10.0 Å². The van der Waals surface area contributed by atoms with Gasteiger partial charge in [0.05, 0.1) is 31.8 Å². The number of hydrogen-bond donors (Lipinski definition) is 2. The molecule has 0 saturated carbocycles. The van der Waals surface area contributed by atoms with E-state index in [-0.39, 0.29) is 16.8 Å². The zero-order chi connectivity index (χ0) is 19.4. The number of amides is 1. The summed E-state index contributed by atoms with van der Waals surface area (Å²) >= 11 is 0. The number of likely N-dealkylation sites (N-methyl/N-ethyl adjacent to an activating group) is 1. The Kier molecular flexibility index (Phi) is 5.98. The van der Waals surface area contributed by atoms with Crippen molar-refractivity contribution in [2.75, 3.05) is 33.7 Å². The first-order chi connectivity index (χ1) is 12.9. The second-order valence-corrected chi connectivity index (χ2v) is 8.93. The Bertz CT molecular complexity index is 872. The Labute approximate surface area is 160 Å². The van der Waals surface area contributed by atoms with E-state index in [1.54, 1.807) is 24.5 Å². The van der Waals surface area contributed by atoms with Crippen molar-refractivity contribution in [2.45, 2.75) is 23.8 Å². The zero-order valence-electron chi connectivity index (χ0n) is 15.6. The van der Waals surface area contributed by atoms with Crippen molar-refractivity contribution in [2.24, 2.45) is 0 Å². The molecule has 2 N–H and O–H groups in total. The molecule has 1 fully saturated rings. The minimum Gasteiger partial charge on any atom is -0.463 e. The second-order valence-electron chi connectivity index (χ2n) is 6.99. The molecule has 1 amide bonds.